The monoisotopic (exact) mass is 272 g/mol. The van der Waals surface area contributed by atoms with Gasteiger partial charge in [0.05, 0.1) is 11.8 Å². The Hall–Kier alpha value is -1.65. The summed E-state index contributed by atoms with van der Waals surface area (Å²) in [5, 5.41) is 13.0. The van der Waals surface area contributed by atoms with E-state index in [0.29, 0.717) is 6.04 Å². The molecule has 20 heavy (non-hydrogen) atoms. The number of hydrogen-bond acceptors (Lipinski definition) is 4. The molecule has 2 N–H and O–H groups in total. The summed E-state index contributed by atoms with van der Waals surface area (Å²) in [6, 6.07) is 8.79. The highest BCUT2D eigenvalue weighted by molar-refractivity contribution is 5.59. The van der Waals surface area contributed by atoms with Gasteiger partial charge in [-0.15, -0.1) is 0 Å². The molecule has 3 rings (SSSR count). The van der Waals surface area contributed by atoms with Crippen molar-refractivity contribution in [3.05, 3.63) is 41.9 Å². The lowest BCUT2D eigenvalue weighted by Gasteiger charge is -2.12. The molecule has 1 fully saturated rings. The average molecular weight is 272 g/mol. The van der Waals surface area contributed by atoms with Crippen LogP contribution in [-0.2, 0) is 6.54 Å². The van der Waals surface area contributed by atoms with Crippen LogP contribution in [0.1, 0.15) is 30.5 Å². The minimum atomic E-state index is -0.121. The lowest BCUT2D eigenvalue weighted by molar-refractivity contribution is 0.179. The molecule has 0 spiro atoms. The molecule has 0 radical (unpaired) electrons. The van der Waals surface area contributed by atoms with E-state index >= 15 is 0 Å². The molecule has 0 bridgehead atoms. The molecule has 1 aromatic heterocycles. The third kappa shape index (κ3) is 2.92. The molecule has 1 aliphatic carbocycles. The summed E-state index contributed by atoms with van der Waals surface area (Å²) in [6.07, 6.45) is 4.21. The highest BCUT2D eigenvalue weighted by Gasteiger charge is 2.21. The van der Waals surface area contributed by atoms with Crippen LogP contribution in [-0.4, -0.2) is 22.2 Å². The van der Waals surface area contributed by atoms with Crippen molar-refractivity contribution in [1.82, 2.24) is 10.3 Å². The molecule has 1 aliphatic rings. The molecule has 2 atom stereocenters. The van der Waals surface area contributed by atoms with Crippen LogP contribution in [0.4, 0.5) is 0 Å². The molecular formula is C16H20N2O2. The maximum Gasteiger partial charge on any atom is 0.181 e. The predicted octanol–water partition coefficient (Wildman–Crippen LogP) is 2.65. The predicted molar refractivity (Wildman–Crippen MR) is 77.2 cm³/mol. The van der Waals surface area contributed by atoms with E-state index < -0.39 is 0 Å². The second-order valence-corrected chi connectivity index (χ2v) is 5.51. The molecule has 0 saturated heterocycles. The number of oxazole rings is 1. The van der Waals surface area contributed by atoms with E-state index in [1.807, 2.05) is 6.92 Å². The van der Waals surface area contributed by atoms with Gasteiger partial charge in [-0.25, -0.2) is 4.98 Å². The summed E-state index contributed by atoms with van der Waals surface area (Å²) >= 11 is 0. The summed E-state index contributed by atoms with van der Waals surface area (Å²) in [5.74, 6) is 0.837. The fourth-order valence-electron chi connectivity index (χ4n) is 2.76. The summed E-state index contributed by atoms with van der Waals surface area (Å²) in [4.78, 5) is 4.11. The number of nitrogens with zero attached hydrogens (tertiary/aromatic N) is 1. The number of aryl methyl sites for hydroxylation is 1. The summed E-state index contributed by atoms with van der Waals surface area (Å²) in [7, 11) is 0. The van der Waals surface area contributed by atoms with E-state index in [1.165, 1.54) is 12.0 Å². The molecule has 1 heterocycles. The Morgan fingerprint density at radius 1 is 1.30 bits per heavy atom. The average Bonchev–Trinajstić information content (AvgIpc) is 3.06. The smallest absolute Gasteiger partial charge is 0.181 e. The normalized spacial score (nSPS) is 22.3. The van der Waals surface area contributed by atoms with Crippen LogP contribution >= 0.6 is 0 Å². The van der Waals surface area contributed by atoms with Gasteiger partial charge < -0.3 is 14.8 Å². The zero-order chi connectivity index (χ0) is 13.9. The first-order valence-electron chi connectivity index (χ1n) is 7.13. The number of rotatable bonds is 4. The Morgan fingerprint density at radius 3 is 2.70 bits per heavy atom. The van der Waals surface area contributed by atoms with Gasteiger partial charge in [-0.2, -0.15) is 0 Å². The summed E-state index contributed by atoms with van der Waals surface area (Å²) < 4.78 is 5.39. The Kier molecular flexibility index (Phi) is 3.85. The van der Waals surface area contributed by atoms with Crippen molar-refractivity contribution in [2.24, 2.45) is 0 Å². The van der Waals surface area contributed by atoms with E-state index in [4.69, 9.17) is 4.42 Å². The van der Waals surface area contributed by atoms with Gasteiger partial charge in [0, 0.05) is 18.2 Å². The van der Waals surface area contributed by atoms with Gasteiger partial charge in [-0.1, -0.05) is 24.3 Å². The zero-order valence-corrected chi connectivity index (χ0v) is 11.7. The van der Waals surface area contributed by atoms with Crippen LogP contribution in [0.15, 0.2) is 35.1 Å². The van der Waals surface area contributed by atoms with Crippen molar-refractivity contribution in [2.75, 3.05) is 0 Å². The number of aliphatic hydroxyl groups excluding tert-OH is 1. The topological polar surface area (TPSA) is 58.3 Å². The zero-order valence-electron chi connectivity index (χ0n) is 11.7. The van der Waals surface area contributed by atoms with Crippen LogP contribution < -0.4 is 5.32 Å². The number of aromatic nitrogens is 1. The fourth-order valence-corrected chi connectivity index (χ4v) is 2.76. The maximum atomic E-state index is 9.51. The van der Waals surface area contributed by atoms with E-state index in [0.717, 1.165) is 42.8 Å². The van der Waals surface area contributed by atoms with Crippen molar-refractivity contribution >= 4 is 0 Å². The first kappa shape index (κ1) is 13.3. The van der Waals surface area contributed by atoms with E-state index in [2.05, 4.69) is 34.6 Å². The molecule has 0 amide bonds. The van der Waals surface area contributed by atoms with Crippen LogP contribution in [0.2, 0.25) is 0 Å². The standard InChI is InChI=1S/C16H20N2O2/c1-11-16(20-10-18-11)13-4-2-12(3-5-13)9-17-14-6-7-15(19)8-14/h2-5,10,14-15,17,19H,6-9H2,1H3/t14?,15-/m1/s1. The largest absolute Gasteiger partial charge is 0.443 e. The number of aliphatic hydroxyl groups is 1. The lowest BCUT2D eigenvalue weighted by Crippen LogP contribution is -2.26. The van der Waals surface area contributed by atoms with E-state index in [-0.39, 0.29) is 6.10 Å². The van der Waals surface area contributed by atoms with Crippen molar-refractivity contribution < 1.29 is 9.52 Å². The molecule has 1 saturated carbocycles. The second-order valence-electron chi connectivity index (χ2n) is 5.51. The van der Waals surface area contributed by atoms with Gasteiger partial charge in [0.25, 0.3) is 0 Å². The highest BCUT2D eigenvalue weighted by Crippen LogP contribution is 2.23. The summed E-state index contributed by atoms with van der Waals surface area (Å²) in [5.41, 5.74) is 3.21. The van der Waals surface area contributed by atoms with Gasteiger partial charge in [0.15, 0.2) is 12.2 Å². The number of nitrogens with one attached hydrogen (secondary N) is 1. The van der Waals surface area contributed by atoms with Gasteiger partial charge in [-0.3, -0.25) is 0 Å². The molecular weight excluding hydrogens is 252 g/mol. The molecule has 106 valence electrons. The van der Waals surface area contributed by atoms with E-state index in [1.54, 1.807) is 0 Å². The minimum absolute atomic E-state index is 0.121. The third-order valence-electron chi connectivity index (χ3n) is 3.96. The van der Waals surface area contributed by atoms with Crippen LogP contribution in [0.5, 0.6) is 0 Å². The lowest BCUT2D eigenvalue weighted by atomic mass is 10.1. The van der Waals surface area contributed by atoms with Crippen molar-refractivity contribution in [1.29, 1.82) is 0 Å². The van der Waals surface area contributed by atoms with Gasteiger partial charge in [0.2, 0.25) is 0 Å². The van der Waals surface area contributed by atoms with Crippen LogP contribution in [0.3, 0.4) is 0 Å². The van der Waals surface area contributed by atoms with Crippen LogP contribution in [0, 0.1) is 6.92 Å². The Labute approximate surface area is 118 Å². The fraction of sp³-hybridized carbons (Fsp3) is 0.438. The Morgan fingerprint density at radius 2 is 2.10 bits per heavy atom. The van der Waals surface area contributed by atoms with Gasteiger partial charge in [-0.05, 0) is 31.7 Å². The van der Waals surface area contributed by atoms with Gasteiger partial charge in [0.1, 0.15) is 0 Å². The van der Waals surface area contributed by atoms with E-state index in [9.17, 15) is 5.11 Å². The number of hydrogen-bond donors (Lipinski definition) is 2. The molecule has 2 aromatic rings. The van der Waals surface area contributed by atoms with Crippen molar-refractivity contribution in [3.8, 4) is 11.3 Å². The third-order valence-corrected chi connectivity index (χ3v) is 3.96. The second kappa shape index (κ2) is 5.77. The van der Waals surface area contributed by atoms with Gasteiger partial charge >= 0.3 is 0 Å². The first-order valence-corrected chi connectivity index (χ1v) is 7.13. The van der Waals surface area contributed by atoms with Crippen LogP contribution in [0.25, 0.3) is 11.3 Å². The Bertz CT molecular complexity index is 562. The highest BCUT2D eigenvalue weighted by atomic mass is 16.3. The molecule has 1 unspecified atom stereocenters. The van der Waals surface area contributed by atoms with Crippen molar-refractivity contribution in [3.63, 3.8) is 0 Å². The van der Waals surface area contributed by atoms with Crippen molar-refractivity contribution in [2.45, 2.75) is 44.9 Å². The Balaban J connectivity index is 1.60. The summed E-state index contributed by atoms with van der Waals surface area (Å²) in [6.45, 7) is 2.78. The molecule has 4 nitrogen and oxygen atoms in total. The maximum absolute atomic E-state index is 9.51. The molecule has 1 aromatic carbocycles. The minimum Gasteiger partial charge on any atom is -0.443 e. The number of benzene rings is 1. The quantitative estimate of drug-likeness (QED) is 0.898. The molecule has 4 heteroatoms. The molecule has 0 aliphatic heterocycles. The SMILES string of the molecule is Cc1ncoc1-c1ccc(CNC2CC[C@@H](O)C2)cc1. The first-order chi connectivity index (χ1) is 9.72.